The molecule has 0 saturated carbocycles. The summed E-state index contributed by atoms with van der Waals surface area (Å²) in [6.07, 6.45) is 0.613. The number of rotatable bonds is 10. The summed E-state index contributed by atoms with van der Waals surface area (Å²) < 4.78 is 5.55. The molecule has 0 saturated heterocycles. The standard InChI is InChI=1S/C10H18Br4O3/c11-4-9(5-12,8-17-3-1-2-15)10(16,6-13)7-14/h15-16H,1-8H2. The molecule has 0 aliphatic rings. The van der Waals surface area contributed by atoms with E-state index in [1.807, 2.05) is 0 Å². The Morgan fingerprint density at radius 2 is 1.47 bits per heavy atom. The van der Waals surface area contributed by atoms with E-state index in [4.69, 9.17) is 9.84 Å². The molecule has 7 heteroatoms. The van der Waals surface area contributed by atoms with Gasteiger partial charge in [-0.1, -0.05) is 63.7 Å². The molecule has 0 radical (unpaired) electrons. The van der Waals surface area contributed by atoms with E-state index < -0.39 is 11.0 Å². The Morgan fingerprint density at radius 3 is 1.82 bits per heavy atom. The van der Waals surface area contributed by atoms with Crippen LogP contribution in [0.25, 0.3) is 0 Å². The SMILES string of the molecule is OCCCOCC(CBr)(CBr)C(O)(CBr)CBr. The van der Waals surface area contributed by atoms with Crippen molar-refractivity contribution in [3.8, 4) is 0 Å². The minimum absolute atomic E-state index is 0.122. The van der Waals surface area contributed by atoms with E-state index in [0.717, 1.165) is 0 Å². The fourth-order valence-electron chi connectivity index (χ4n) is 1.25. The minimum atomic E-state index is -0.904. The van der Waals surface area contributed by atoms with Gasteiger partial charge in [-0.05, 0) is 6.42 Å². The third-order valence-electron chi connectivity index (χ3n) is 2.77. The molecule has 0 bridgehead atoms. The number of halogens is 4. The number of alkyl halides is 4. The van der Waals surface area contributed by atoms with Crippen LogP contribution in [0.15, 0.2) is 0 Å². The molecule has 0 aliphatic heterocycles. The summed E-state index contributed by atoms with van der Waals surface area (Å²) in [5.74, 6) is 0. The van der Waals surface area contributed by atoms with Crippen LogP contribution >= 0.6 is 63.7 Å². The Balaban J connectivity index is 4.64. The Labute approximate surface area is 136 Å². The predicted octanol–water partition coefficient (Wildman–Crippen LogP) is 2.68. The fraction of sp³-hybridized carbons (Fsp3) is 1.00. The first-order chi connectivity index (χ1) is 8.05. The van der Waals surface area contributed by atoms with Crippen LogP contribution in [0.2, 0.25) is 0 Å². The zero-order valence-corrected chi connectivity index (χ0v) is 15.8. The van der Waals surface area contributed by atoms with Crippen molar-refractivity contribution in [2.24, 2.45) is 5.41 Å². The highest BCUT2D eigenvalue weighted by atomic mass is 79.9. The highest BCUT2D eigenvalue weighted by Crippen LogP contribution is 2.38. The third kappa shape index (κ3) is 5.00. The van der Waals surface area contributed by atoms with Crippen LogP contribution in [-0.4, -0.2) is 57.0 Å². The minimum Gasteiger partial charge on any atom is -0.396 e. The lowest BCUT2D eigenvalue weighted by molar-refractivity contribution is -0.0664. The lowest BCUT2D eigenvalue weighted by Crippen LogP contribution is -2.56. The summed E-state index contributed by atoms with van der Waals surface area (Å²) in [4.78, 5) is 0. The van der Waals surface area contributed by atoms with Gasteiger partial charge in [0.2, 0.25) is 0 Å². The number of hydrogen-bond donors (Lipinski definition) is 2. The van der Waals surface area contributed by atoms with Gasteiger partial charge in [0, 0.05) is 39.9 Å². The highest BCUT2D eigenvalue weighted by Gasteiger charge is 2.48. The predicted molar refractivity (Wildman–Crippen MR) is 85.1 cm³/mol. The topological polar surface area (TPSA) is 49.7 Å². The maximum atomic E-state index is 10.6. The fourth-order valence-corrected chi connectivity index (χ4v) is 5.66. The summed E-state index contributed by atoms with van der Waals surface area (Å²) in [5, 5.41) is 21.5. The van der Waals surface area contributed by atoms with Crippen molar-refractivity contribution in [1.29, 1.82) is 0 Å². The van der Waals surface area contributed by atoms with E-state index in [0.29, 0.717) is 41.0 Å². The van der Waals surface area contributed by atoms with Gasteiger partial charge in [-0.15, -0.1) is 0 Å². The van der Waals surface area contributed by atoms with E-state index >= 15 is 0 Å². The van der Waals surface area contributed by atoms with Crippen LogP contribution in [0.4, 0.5) is 0 Å². The van der Waals surface area contributed by atoms with Gasteiger partial charge in [-0.2, -0.15) is 0 Å². The monoisotopic (exact) mass is 502 g/mol. The highest BCUT2D eigenvalue weighted by molar-refractivity contribution is 9.10. The quantitative estimate of drug-likeness (QED) is 0.355. The van der Waals surface area contributed by atoms with Gasteiger partial charge in [-0.3, -0.25) is 0 Å². The Bertz CT molecular complexity index is 196. The lowest BCUT2D eigenvalue weighted by Gasteiger charge is -2.43. The van der Waals surface area contributed by atoms with Gasteiger partial charge in [0.1, 0.15) is 0 Å². The molecule has 17 heavy (non-hydrogen) atoms. The molecule has 2 N–H and O–H groups in total. The summed E-state index contributed by atoms with van der Waals surface area (Å²) in [6.45, 7) is 1.05. The number of aliphatic hydroxyl groups excluding tert-OH is 1. The van der Waals surface area contributed by atoms with Gasteiger partial charge < -0.3 is 14.9 Å². The second-order valence-corrected chi connectivity index (χ2v) is 6.22. The molecule has 3 nitrogen and oxygen atoms in total. The molecule has 0 aromatic heterocycles. The molecule has 0 spiro atoms. The third-order valence-corrected chi connectivity index (χ3v) is 6.77. The molecule has 0 heterocycles. The van der Waals surface area contributed by atoms with Crippen molar-refractivity contribution in [2.75, 3.05) is 41.1 Å². The Morgan fingerprint density at radius 1 is 0.941 bits per heavy atom. The molecule has 0 aliphatic carbocycles. The molecule has 0 fully saturated rings. The second kappa shape index (κ2) is 9.66. The first-order valence-electron chi connectivity index (χ1n) is 5.20. The molecular formula is C10H18Br4O3. The zero-order chi connectivity index (χ0) is 13.4. The van der Waals surface area contributed by atoms with Crippen LogP contribution in [0, 0.1) is 5.41 Å². The van der Waals surface area contributed by atoms with Gasteiger partial charge in [0.05, 0.1) is 12.2 Å². The van der Waals surface area contributed by atoms with Crippen molar-refractivity contribution in [1.82, 2.24) is 0 Å². The second-order valence-electron chi connectivity index (χ2n) is 3.98. The average molecular weight is 506 g/mol. The Kier molecular flexibility index (Phi) is 10.7. The smallest absolute Gasteiger partial charge is 0.0934 e. The summed E-state index contributed by atoms with van der Waals surface area (Å²) in [6, 6.07) is 0. The van der Waals surface area contributed by atoms with Crippen molar-refractivity contribution in [3.63, 3.8) is 0 Å². The first kappa shape index (κ1) is 18.8. The van der Waals surface area contributed by atoms with Crippen LogP contribution in [0.3, 0.4) is 0 Å². The number of ether oxygens (including phenoxy) is 1. The molecule has 104 valence electrons. The average Bonchev–Trinajstić information content (AvgIpc) is 2.38. The van der Waals surface area contributed by atoms with Crippen LogP contribution in [0.1, 0.15) is 6.42 Å². The van der Waals surface area contributed by atoms with Gasteiger partial charge in [0.15, 0.2) is 0 Å². The molecule has 0 aromatic rings. The van der Waals surface area contributed by atoms with E-state index in [1.165, 1.54) is 0 Å². The molecule has 0 aromatic carbocycles. The van der Waals surface area contributed by atoms with E-state index in [-0.39, 0.29) is 6.61 Å². The zero-order valence-electron chi connectivity index (χ0n) is 9.47. The summed E-state index contributed by atoms with van der Waals surface area (Å²) in [7, 11) is 0. The van der Waals surface area contributed by atoms with Gasteiger partial charge in [0.25, 0.3) is 0 Å². The molecular weight excluding hydrogens is 488 g/mol. The van der Waals surface area contributed by atoms with E-state index in [1.54, 1.807) is 0 Å². The largest absolute Gasteiger partial charge is 0.396 e. The molecule has 0 amide bonds. The summed E-state index contributed by atoms with van der Waals surface area (Å²) >= 11 is 13.6. The van der Waals surface area contributed by atoms with E-state index in [2.05, 4.69) is 63.7 Å². The Hall–Kier alpha value is 1.80. The molecule has 0 unspecified atom stereocenters. The maximum Gasteiger partial charge on any atom is 0.0934 e. The number of hydrogen-bond acceptors (Lipinski definition) is 3. The number of aliphatic hydroxyl groups is 2. The first-order valence-corrected chi connectivity index (χ1v) is 9.69. The maximum absolute atomic E-state index is 10.6. The van der Waals surface area contributed by atoms with Crippen LogP contribution in [0.5, 0.6) is 0 Å². The lowest BCUT2D eigenvalue weighted by atomic mass is 9.78. The van der Waals surface area contributed by atoms with E-state index in [9.17, 15) is 5.11 Å². The normalized spacial score (nSPS) is 13.1. The molecule has 0 atom stereocenters. The molecule has 0 rings (SSSR count). The summed E-state index contributed by atoms with van der Waals surface area (Å²) in [5.41, 5.74) is -1.32. The van der Waals surface area contributed by atoms with Crippen LogP contribution in [-0.2, 0) is 4.74 Å². The van der Waals surface area contributed by atoms with Gasteiger partial charge >= 0.3 is 0 Å². The van der Waals surface area contributed by atoms with Gasteiger partial charge in [-0.25, -0.2) is 0 Å². The van der Waals surface area contributed by atoms with Crippen molar-refractivity contribution in [3.05, 3.63) is 0 Å². The van der Waals surface area contributed by atoms with Crippen molar-refractivity contribution >= 4 is 63.7 Å². The van der Waals surface area contributed by atoms with Crippen LogP contribution < -0.4 is 0 Å². The van der Waals surface area contributed by atoms with Crippen molar-refractivity contribution < 1.29 is 14.9 Å². The van der Waals surface area contributed by atoms with Crippen molar-refractivity contribution in [2.45, 2.75) is 12.0 Å².